The topological polar surface area (TPSA) is 99.8 Å². The molecule has 0 saturated carbocycles. The highest BCUT2D eigenvalue weighted by Crippen LogP contribution is 2.27. The largest absolute Gasteiger partial charge is 0.360 e. The van der Waals surface area contributed by atoms with Gasteiger partial charge in [0, 0.05) is 18.2 Å². The molecule has 33 heavy (non-hydrogen) atoms. The van der Waals surface area contributed by atoms with E-state index in [1.54, 1.807) is 14.0 Å². The van der Waals surface area contributed by atoms with Crippen LogP contribution in [-0.4, -0.2) is 41.9 Å². The lowest BCUT2D eigenvalue weighted by Crippen LogP contribution is -2.50. The molecule has 2 unspecified atom stereocenters. The smallest absolute Gasteiger partial charge is 0.272 e. The van der Waals surface area contributed by atoms with E-state index in [-0.39, 0.29) is 11.8 Å². The van der Waals surface area contributed by atoms with Gasteiger partial charge in [-0.3, -0.25) is 9.59 Å². The van der Waals surface area contributed by atoms with E-state index in [2.05, 4.69) is 15.2 Å². The summed E-state index contributed by atoms with van der Waals surface area (Å²) in [6.07, 6.45) is -1.06. The van der Waals surface area contributed by atoms with Gasteiger partial charge in [-0.25, -0.2) is 9.71 Å². The molecule has 3 aromatic rings. The van der Waals surface area contributed by atoms with Gasteiger partial charge < -0.3 is 14.7 Å². The van der Waals surface area contributed by atoms with Crippen molar-refractivity contribution in [3.05, 3.63) is 77.2 Å². The minimum absolute atomic E-state index is 0.313. The number of para-hydroxylation sites is 1. The van der Waals surface area contributed by atoms with Crippen molar-refractivity contribution in [2.45, 2.75) is 37.9 Å². The molecule has 9 heteroatoms. The van der Waals surface area contributed by atoms with Gasteiger partial charge in [-0.05, 0) is 38.8 Å². The highest BCUT2D eigenvalue weighted by atomic mass is 32.2. The van der Waals surface area contributed by atoms with Gasteiger partial charge in [-0.15, -0.1) is 0 Å². The number of benzodiazepines with no additional fused rings is 1. The number of benzene rings is 2. The van der Waals surface area contributed by atoms with E-state index in [0.717, 1.165) is 27.4 Å². The third-order valence-electron chi connectivity index (χ3n) is 5.37. The van der Waals surface area contributed by atoms with Crippen LogP contribution in [0.5, 0.6) is 0 Å². The summed E-state index contributed by atoms with van der Waals surface area (Å²) < 4.78 is 8.24. The Bertz CT molecular complexity index is 1190. The number of anilines is 1. The molecule has 2 N–H and O–H groups in total. The van der Waals surface area contributed by atoms with Crippen LogP contribution >= 0.6 is 11.9 Å². The van der Waals surface area contributed by atoms with Gasteiger partial charge >= 0.3 is 0 Å². The third-order valence-corrected chi connectivity index (χ3v) is 6.63. The lowest BCUT2D eigenvalue weighted by molar-refractivity contribution is -0.127. The van der Waals surface area contributed by atoms with Gasteiger partial charge in [-0.1, -0.05) is 53.7 Å². The molecule has 2 atom stereocenters. The fourth-order valence-corrected chi connectivity index (χ4v) is 4.29. The van der Waals surface area contributed by atoms with Crippen LogP contribution in [-0.2, 0) is 9.59 Å². The van der Waals surface area contributed by atoms with Crippen LogP contribution in [0.15, 0.2) is 69.0 Å². The number of amides is 2. The second-order valence-corrected chi connectivity index (χ2v) is 8.61. The zero-order valence-corrected chi connectivity index (χ0v) is 19.6. The number of aromatic nitrogens is 1. The van der Waals surface area contributed by atoms with E-state index >= 15 is 0 Å². The zero-order valence-electron chi connectivity index (χ0n) is 18.8. The number of rotatable bonds is 6. The Hall–Kier alpha value is -3.43. The van der Waals surface area contributed by atoms with E-state index in [4.69, 9.17) is 9.52 Å². The van der Waals surface area contributed by atoms with Gasteiger partial charge in [0.25, 0.3) is 5.91 Å². The molecule has 1 aromatic heterocycles. The summed E-state index contributed by atoms with van der Waals surface area (Å²) in [5.74, 6) is 0.0171. The normalized spacial score (nSPS) is 16.6. The van der Waals surface area contributed by atoms with E-state index in [1.807, 2.05) is 68.4 Å². The SMILES string of the molecule is Cc1noc(C)c1SNC(C)C(=O)NC1N=C(c2ccccc2)c2ccccc2N(C)C1=O. The molecule has 8 nitrogen and oxygen atoms in total. The van der Waals surface area contributed by atoms with E-state index in [9.17, 15) is 9.59 Å². The van der Waals surface area contributed by atoms with E-state index < -0.39 is 12.2 Å². The Morgan fingerprint density at radius 2 is 1.82 bits per heavy atom. The average molecular weight is 464 g/mol. The second kappa shape index (κ2) is 9.60. The average Bonchev–Trinajstić information content (AvgIpc) is 3.11. The second-order valence-electron chi connectivity index (χ2n) is 7.76. The molecule has 0 saturated heterocycles. The van der Waals surface area contributed by atoms with Crippen molar-refractivity contribution < 1.29 is 14.1 Å². The predicted octanol–water partition coefficient (Wildman–Crippen LogP) is 3.23. The molecule has 2 aromatic carbocycles. The van der Waals surface area contributed by atoms with Crippen LogP contribution in [0.4, 0.5) is 5.69 Å². The third kappa shape index (κ3) is 4.69. The summed E-state index contributed by atoms with van der Waals surface area (Å²) in [6.45, 7) is 5.37. The predicted molar refractivity (Wildman–Crippen MR) is 128 cm³/mol. The molecule has 4 rings (SSSR count). The molecule has 170 valence electrons. The molecule has 1 aliphatic heterocycles. The fraction of sp³-hybridized carbons (Fsp3) is 0.250. The number of aryl methyl sites for hydroxylation is 2. The van der Waals surface area contributed by atoms with Crippen molar-refractivity contribution in [1.82, 2.24) is 15.2 Å². The van der Waals surface area contributed by atoms with Crippen LogP contribution in [0.2, 0.25) is 0 Å². The quantitative estimate of drug-likeness (QED) is 0.545. The molecule has 0 fully saturated rings. The van der Waals surface area contributed by atoms with Crippen LogP contribution in [0, 0.1) is 13.8 Å². The minimum Gasteiger partial charge on any atom is -0.360 e. The monoisotopic (exact) mass is 463 g/mol. The number of nitrogens with zero attached hydrogens (tertiary/aromatic N) is 3. The number of carbonyl (C=O) groups is 2. The lowest BCUT2D eigenvalue weighted by atomic mass is 10.0. The zero-order chi connectivity index (χ0) is 23.5. The molecular formula is C24H25N5O3S. The molecular weight excluding hydrogens is 438 g/mol. The van der Waals surface area contributed by atoms with Gasteiger partial charge in [0.15, 0.2) is 0 Å². The summed E-state index contributed by atoms with van der Waals surface area (Å²) in [5.41, 5.74) is 3.83. The summed E-state index contributed by atoms with van der Waals surface area (Å²) in [4.78, 5) is 33.3. The molecule has 2 amide bonds. The molecule has 0 aliphatic carbocycles. The van der Waals surface area contributed by atoms with Gasteiger partial charge in [0.2, 0.25) is 12.1 Å². The van der Waals surface area contributed by atoms with Gasteiger partial charge in [0.05, 0.1) is 28.0 Å². The number of likely N-dealkylation sites (N-methyl/N-ethyl adjacent to an activating group) is 1. The summed E-state index contributed by atoms with van der Waals surface area (Å²) in [6, 6.07) is 16.6. The van der Waals surface area contributed by atoms with Crippen LogP contribution in [0.25, 0.3) is 0 Å². The molecule has 0 radical (unpaired) electrons. The highest BCUT2D eigenvalue weighted by molar-refractivity contribution is 7.97. The van der Waals surface area contributed by atoms with Crippen LogP contribution in [0.3, 0.4) is 0 Å². The molecule has 1 aliphatic rings. The maximum atomic E-state index is 13.2. The first-order valence-corrected chi connectivity index (χ1v) is 11.3. The summed E-state index contributed by atoms with van der Waals surface area (Å²) in [5, 5.41) is 6.71. The Balaban J connectivity index is 1.58. The Morgan fingerprint density at radius 1 is 1.12 bits per heavy atom. The molecule has 0 bridgehead atoms. The van der Waals surface area contributed by atoms with Crippen molar-refractivity contribution >= 4 is 35.2 Å². The summed E-state index contributed by atoms with van der Waals surface area (Å²) in [7, 11) is 1.69. The first-order valence-electron chi connectivity index (χ1n) is 10.5. The number of carbonyl (C=O) groups excluding carboxylic acids is 2. The lowest BCUT2D eigenvalue weighted by Gasteiger charge is -2.22. The minimum atomic E-state index is -1.06. The van der Waals surface area contributed by atoms with E-state index in [0.29, 0.717) is 11.5 Å². The summed E-state index contributed by atoms with van der Waals surface area (Å²) >= 11 is 1.27. The highest BCUT2D eigenvalue weighted by Gasteiger charge is 2.32. The first-order chi connectivity index (χ1) is 15.9. The number of aliphatic imine (C=N–C) groups is 1. The fourth-order valence-electron chi connectivity index (χ4n) is 3.52. The number of hydrogen-bond donors (Lipinski definition) is 2. The Morgan fingerprint density at radius 3 is 2.52 bits per heavy atom. The van der Waals surface area contributed by atoms with Gasteiger partial charge in [-0.2, -0.15) is 0 Å². The van der Waals surface area contributed by atoms with Crippen LogP contribution in [0.1, 0.15) is 29.5 Å². The van der Waals surface area contributed by atoms with Crippen LogP contribution < -0.4 is 14.9 Å². The molecule has 0 spiro atoms. The maximum absolute atomic E-state index is 13.2. The van der Waals surface area contributed by atoms with E-state index in [1.165, 1.54) is 16.8 Å². The number of nitrogens with one attached hydrogen (secondary N) is 2. The van der Waals surface area contributed by atoms with Crippen molar-refractivity contribution in [1.29, 1.82) is 0 Å². The Labute approximate surface area is 196 Å². The van der Waals surface area contributed by atoms with Crippen molar-refractivity contribution in [2.75, 3.05) is 11.9 Å². The Kier molecular flexibility index (Phi) is 6.62. The van der Waals surface area contributed by atoms with Gasteiger partial charge in [0.1, 0.15) is 5.76 Å². The maximum Gasteiger partial charge on any atom is 0.272 e. The number of fused-ring (bicyclic) bond motifs is 1. The molecule has 2 heterocycles. The van der Waals surface area contributed by atoms with Crippen molar-refractivity contribution in [3.63, 3.8) is 0 Å². The van der Waals surface area contributed by atoms with Crippen molar-refractivity contribution in [3.8, 4) is 0 Å². The van der Waals surface area contributed by atoms with Crippen molar-refractivity contribution in [2.24, 2.45) is 4.99 Å². The first kappa shape index (κ1) is 22.8. The standard InChI is InChI=1S/C24H25N5O3S/c1-14-21(16(3)32-27-14)33-28-15(2)23(30)26-22-24(31)29(4)19-13-9-8-12-18(19)20(25-22)17-10-6-5-7-11-17/h5-13,15,22,28H,1-4H3,(H,26,30). The number of hydrogen-bond acceptors (Lipinski definition) is 7.